The second-order valence-corrected chi connectivity index (χ2v) is 5.54. The standard InChI is InChI=1S/C11H19N3O/c1-2-10-5-13-3-4-14(6-10)8-11(12,7-13)9(10)15/h2-8,12H2,1H3. The monoisotopic (exact) mass is 209 g/mol. The van der Waals surface area contributed by atoms with Gasteiger partial charge in [-0.25, -0.2) is 0 Å². The Morgan fingerprint density at radius 3 is 2.20 bits per heavy atom. The average molecular weight is 209 g/mol. The molecule has 4 aliphatic heterocycles. The summed E-state index contributed by atoms with van der Waals surface area (Å²) in [4.78, 5) is 17.2. The fourth-order valence-electron chi connectivity index (χ4n) is 3.66. The van der Waals surface area contributed by atoms with Gasteiger partial charge in [0.2, 0.25) is 0 Å². The molecule has 0 radical (unpaired) electrons. The summed E-state index contributed by atoms with van der Waals surface area (Å²) >= 11 is 0. The molecule has 0 aromatic rings. The van der Waals surface area contributed by atoms with Crippen LogP contribution in [0.2, 0.25) is 0 Å². The van der Waals surface area contributed by atoms with Gasteiger partial charge in [0.05, 0.1) is 5.41 Å². The van der Waals surface area contributed by atoms with Crippen molar-refractivity contribution in [2.75, 3.05) is 39.3 Å². The Labute approximate surface area is 90.4 Å². The number of rotatable bonds is 1. The number of hydrogen-bond acceptors (Lipinski definition) is 4. The van der Waals surface area contributed by atoms with Gasteiger partial charge in [-0.05, 0) is 6.42 Å². The summed E-state index contributed by atoms with van der Waals surface area (Å²) in [6, 6.07) is 0. The maximum absolute atomic E-state index is 12.4. The summed E-state index contributed by atoms with van der Waals surface area (Å²) in [7, 11) is 0. The molecule has 0 amide bonds. The Kier molecular flexibility index (Phi) is 1.83. The molecular formula is C11H19N3O. The number of ketones is 1. The zero-order chi connectivity index (χ0) is 10.7. The number of nitrogens with two attached hydrogens (primary N) is 1. The number of hydrogen-bond donors (Lipinski definition) is 1. The van der Waals surface area contributed by atoms with E-state index in [-0.39, 0.29) is 5.41 Å². The lowest BCUT2D eigenvalue weighted by molar-refractivity contribution is -0.147. The first kappa shape index (κ1) is 9.75. The van der Waals surface area contributed by atoms with Crippen molar-refractivity contribution >= 4 is 5.78 Å². The molecule has 84 valence electrons. The first-order valence-corrected chi connectivity index (χ1v) is 5.87. The summed E-state index contributed by atoms with van der Waals surface area (Å²) in [5, 5.41) is 0. The Balaban J connectivity index is 2.08. The maximum Gasteiger partial charge on any atom is 0.163 e. The van der Waals surface area contributed by atoms with Crippen LogP contribution in [0.25, 0.3) is 0 Å². The van der Waals surface area contributed by atoms with Crippen LogP contribution in [0.1, 0.15) is 13.3 Å². The summed E-state index contributed by atoms with van der Waals surface area (Å²) in [6.07, 6.45) is 0.928. The normalized spacial score (nSPS) is 53.3. The highest BCUT2D eigenvalue weighted by molar-refractivity contribution is 5.96. The van der Waals surface area contributed by atoms with Gasteiger partial charge in [0, 0.05) is 39.3 Å². The molecule has 4 bridgehead atoms. The Morgan fingerprint density at radius 1 is 1.20 bits per heavy atom. The van der Waals surface area contributed by atoms with Crippen LogP contribution in [0.15, 0.2) is 0 Å². The predicted octanol–water partition coefficient (Wildman–Crippen LogP) is -0.706. The zero-order valence-electron chi connectivity index (χ0n) is 9.33. The summed E-state index contributed by atoms with van der Waals surface area (Å²) in [6.45, 7) is 7.67. The third-order valence-electron chi connectivity index (χ3n) is 4.41. The SMILES string of the molecule is CCC12CN3CCN(CC(N)(C3)C1=O)C2. The molecule has 4 rings (SSSR count). The van der Waals surface area contributed by atoms with Crippen molar-refractivity contribution in [2.45, 2.75) is 18.9 Å². The van der Waals surface area contributed by atoms with E-state index in [1.165, 1.54) is 0 Å². The molecular weight excluding hydrogens is 190 g/mol. The van der Waals surface area contributed by atoms with Gasteiger partial charge in [-0.15, -0.1) is 0 Å². The molecule has 2 atom stereocenters. The van der Waals surface area contributed by atoms with Crippen LogP contribution in [0, 0.1) is 5.41 Å². The van der Waals surface area contributed by atoms with Gasteiger partial charge in [-0.1, -0.05) is 6.92 Å². The zero-order valence-corrected chi connectivity index (χ0v) is 9.33. The first-order chi connectivity index (χ1) is 7.08. The van der Waals surface area contributed by atoms with Crippen molar-refractivity contribution < 1.29 is 4.79 Å². The quantitative estimate of drug-likeness (QED) is 0.620. The van der Waals surface area contributed by atoms with Crippen molar-refractivity contribution in [1.29, 1.82) is 0 Å². The summed E-state index contributed by atoms with van der Waals surface area (Å²) in [5.41, 5.74) is 5.55. The van der Waals surface area contributed by atoms with Crippen molar-refractivity contribution in [3.63, 3.8) is 0 Å². The van der Waals surface area contributed by atoms with E-state index in [0.717, 1.165) is 45.7 Å². The Morgan fingerprint density at radius 2 is 1.73 bits per heavy atom. The first-order valence-electron chi connectivity index (χ1n) is 5.87. The van der Waals surface area contributed by atoms with E-state index in [1.807, 2.05) is 0 Å². The van der Waals surface area contributed by atoms with E-state index >= 15 is 0 Å². The van der Waals surface area contributed by atoms with Gasteiger partial charge in [-0.2, -0.15) is 0 Å². The van der Waals surface area contributed by atoms with E-state index in [9.17, 15) is 4.79 Å². The topological polar surface area (TPSA) is 49.6 Å². The molecule has 0 aliphatic carbocycles. The lowest BCUT2D eigenvalue weighted by Crippen LogP contribution is -2.74. The van der Waals surface area contributed by atoms with Gasteiger partial charge in [0.25, 0.3) is 0 Å². The molecule has 4 fully saturated rings. The molecule has 2 unspecified atom stereocenters. The van der Waals surface area contributed by atoms with Crippen molar-refractivity contribution in [2.24, 2.45) is 11.1 Å². The van der Waals surface area contributed by atoms with Crippen LogP contribution in [-0.2, 0) is 4.79 Å². The van der Waals surface area contributed by atoms with Crippen LogP contribution in [0.5, 0.6) is 0 Å². The lowest BCUT2D eigenvalue weighted by Gasteiger charge is -2.52. The van der Waals surface area contributed by atoms with Crippen molar-refractivity contribution in [3.8, 4) is 0 Å². The number of fused-ring (bicyclic) bond motifs is 1. The van der Waals surface area contributed by atoms with Crippen molar-refractivity contribution in [1.82, 2.24) is 9.80 Å². The van der Waals surface area contributed by atoms with Crippen LogP contribution < -0.4 is 5.73 Å². The number of carbonyl (C=O) groups is 1. The second-order valence-electron chi connectivity index (χ2n) is 5.54. The largest absolute Gasteiger partial charge is 0.317 e. The smallest absolute Gasteiger partial charge is 0.163 e. The fourth-order valence-corrected chi connectivity index (χ4v) is 3.66. The summed E-state index contributed by atoms with van der Waals surface area (Å²) < 4.78 is 0. The molecule has 15 heavy (non-hydrogen) atoms. The third kappa shape index (κ3) is 1.16. The highest BCUT2D eigenvalue weighted by Gasteiger charge is 2.58. The maximum atomic E-state index is 12.4. The molecule has 4 aliphatic rings. The van der Waals surface area contributed by atoms with Gasteiger partial charge >= 0.3 is 0 Å². The minimum absolute atomic E-state index is 0.165. The van der Waals surface area contributed by atoms with Crippen LogP contribution in [-0.4, -0.2) is 60.4 Å². The summed E-state index contributed by atoms with van der Waals surface area (Å²) in [5.74, 6) is 0.326. The number of nitrogens with zero attached hydrogens (tertiary/aromatic N) is 2. The molecule has 2 N–H and O–H groups in total. The molecule has 4 heterocycles. The molecule has 4 nitrogen and oxygen atoms in total. The molecule has 0 saturated carbocycles. The third-order valence-corrected chi connectivity index (χ3v) is 4.41. The van der Waals surface area contributed by atoms with Crippen LogP contribution in [0.3, 0.4) is 0 Å². The van der Waals surface area contributed by atoms with E-state index in [2.05, 4.69) is 16.7 Å². The van der Waals surface area contributed by atoms with Crippen LogP contribution >= 0.6 is 0 Å². The van der Waals surface area contributed by atoms with Gasteiger partial charge in [0.1, 0.15) is 5.54 Å². The molecule has 4 saturated heterocycles. The number of Topliss-reactive ketones (excluding diaryl/α,β-unsaturated/α-hetero) is 1. The second kappa shape index (κ2) is 2.81. The molecule has 4 heteroatoms. The minimum atomic E-state index is -0.580. The molecule has 0 aromatic carbocycles. The highest BCUT2D eigenvalue weighted by atomic mass is 16.1. The highest BCUT2D eigenvalue weighted by Crippen LogP contribution is 2.40. The number of piperidine rings is 2. The Hall–Kier alpha value is -0.450. The minimum Gasteiger partial charge on any atom is -0.317 e. The van der Waals surface area contributed by atoms with Gasteiger partial charge < -0.3 is 5.73 Å². The number of carbonyl (C=O) groups excluding carboxylic acids is 1. The Bertz CT molecular complexity index is 299. The van der Waals surface area contributed by atoms with Gasteiger partial charge in [0.15, 0.2) is 5.78 Å². The van der Waals surface area contributed by atoms with Crippen LogP contribution in [0.4, 0.5) is 0 Å². The van der Waals surface area contributed by atoms with E-state index in [1.54, 1.807) is 0 Å². The van der Waals surface area contributed by atoms with Crippen molar-refractivity contribution in [3.05, 3.63) is 0 Å². The average Bonchev–Trinajstić information content (AvgIpc) is 2.41. The van der Waals surface area contributed by atoms with Gasteiger partial charge in [-0.3, -0.25) is 14.6 Å². The molecule has 0 aromatic heterocycles. The van der Waals surface area contributed by atoms with E-state index < -0.39 is 5.54 Å². The fraction of sp³-hybridized carbons (Fsp3) is 0.909. The molecule has 0 spiro atoms. The predicted molar refractivity (Wildman–Crippen MR) is 57.5 cm³/mol. The lowest BCUT2D eigenvalue weighted by atomic mass is 9.66. The van der Waals surface area contributed by atoms with E-state index in [0.29, 0.717) is 5.78 Å². The van der Waals surface area contributed by atoms with E-state index in [4.69, 9.17) is 5.73 Å².